The van der Waals surface area contributed by atoms with Gasteiger partial charge in [0.2, 0.25) is 11.9 Å². The Kier molecular flexibility index (Phi) is 10.1. The van der Waals surface area contributed by atoms with E-state index in [-0.39, 0.29) is 31.5 Å². The molecule has 1 aromatic carbocycles. The van der Waals surface area contributed by atoms with Crippen LogP contribution in [0.5, 0.6) is 0 Å². The fourth-order valence-electron chi connectivity index (χ4n) is 3.93. The molecule has 11 nitrogen and oxygen atoms in total. The molecule has 3 aromatic rings. The zero-order valence-electron chi connectivity index (χ0n) is 21.3. The number of halogens is 1. The van der Waals surface area contributed by atoms with E-state index in [0.29, 0.717) is 61.4 Å². The minimum absolute atomic E-state index is 0.0201. The number of aliphatic hydroxyl groups is 1. The maximum Gasteiger partial charge on any atom is 0.227 e. The van der Waals surface area contributed by atoms with Crippen LogP contribution in [0.4, 0.5) is 10.3 Å². The Morgan fingerprint density at radius 1 is 1.16 bits per heavy atom. The second-order valence-electron chi connectivity index (χ2n) is 8.82. The maximum absolute atomic E-state index is 13.6. The number of carbonyl (C=O) groups excluding carboxylic acids is 1. The monoisotopic (exact) mass is 528 g/mol. The summed E-state index contributed by atoms with van der Waals surface area (Å²) in [6.45, 7) is 2.16. The first-order valence-corrected chi connectivity index (χ1v) is 12.6. The van der Waals surface area contributed by atoms with Crippen LogP contribution >= 0.6 is 0 Å². The van der Waals surface area contributed by atoms with Crippen molar-refractivity contribution in [2.24, 2.45) is 5.92 Å². The summed E-state index contributed by atoms with van der Waals surface area (Å²) in [5.74, 6) is 0.161. The molecule has 1 aliphatic rings. The van der Waals surface area contributed by atoms with Crippen LogP contribution in [-0.4, -0.2) is 83.9 Å². The lowest BCUT2D eigenvalue weighted by Gasteiger charge is -2.28. The van der Waals surface area contributed by atoms with E-state index in [1.165, 1.54) is 12.1 Å². The normalized spacial score (nSPS) is 17.3. The van der Waals surface area contributed by atoms with Gasteiger partial charge in [0.1, 0.15) is 11.6 Å². The van der Waals surface area contributed by atoms with E-state index in [0.717, 1.165) is 12.0 Å². The third kappa shape index (κ3) is 7.54. The van der Waals surface area contributed by atoms with Crippen molar-refractivity contribution < 1.29 is 28.5 Å². The number of H-pyrrole nitrogens is 1. The molecule has 4 rings (SSSR count). The lowest BCUT2D eigenvalue weighted by Crippen LogP contribution is -2.42. The van der Waals surface area contributed by atoms with Crippen molar-refractivity contribution in [3.8, 4) is 22.6 Å². The Hall–Kier alpha value is -3.45. The van der Waals surface area contributed by atoms with Gasteiger partial charge in [-0.3, -0.25) is 4.79 Å². The van der Waals surface area contributed by atoms with Gasteiger partial charge in [-0.25, -0.2) is 19.3 Å². The van der Waals surface area contributed by atoms with Crippen LogP contribution < -0.4 is 10.6 Å². The Bertz CT molecular complexity index is 1170. The fourth-order valence-corrected chi connectivity index (χ4v) is 3.93. The van der Waals surface area contributed by atoms with Gasteiger partial charge < -0.3 is 34.9 Å². The van der Waals surface area contributed by atoms with E-state index in [1.54, 1.807) is 31.5 Å². The van der Waals surface area contributed by atoms with Crippen LogP contribution in [0.2, 0.25) is 0 Å². The van der Waals surface area contributed by atoms with Crippen molar-refractivity contribution in [2.45, 2.75) is 25.6 Å². The van der Waals surface area contributed by atoms with E-state index in [1.807, 2.05) is 0 Å². The minimum Gasteiger partial charge on any atom is -0.396 e. The van der Waals surface area contributed by atoms with Crippen molar-refractivity contribution in [1.29, 1.82) is 0 Å². The van der Waals surface area contributed by atoms with Gasteiger partial charge in [0.15, 0.2) is 6.29 Å². The third-order valence-corrected chi connectivity index (χ3v) is 5.92. The number of aromatic nitrogens is 4. The number of anilines is 1. The summed E-state index contributed by atoms with van der Waals surface area (Å²) in [5, 5.41) is 14.8. The number of aliphatic hydroxyl groups excluding tert-OH is 1. The molecule has 12 heteroatoms. The molecule has 4 N–H and O–H groups in total. The van der Waals surface area contributed by atoms with Crippen LogP contribution in [0, 0.1) is 11.7 Å². The average molecular weight is 529 g/mol. The van der Waals surface area contributed by atoms with Crippen LogP contribution in [0.25, 0.3) is 22.6 Å². The van der Waals surface area contributed by atoms with Gasteiger partial charge >= 0.3 is 0 Å². The van der Waals surface area contributed by atoms with E-state index in [4.69, 9.17) is 24.3 Å². The highest BCUT2D eigenvalue weighted by molar-refractivity contribution is 5.79. The lowest BCUT2D eigenvalue weighted by atomic mass is 10.1. The van der Waals surface area contributed by atoms with Gasteiger partial charge in [0.05, 0.1) is 42.6 Å². The summed E-state index contributed by atoms with van der Waals surface area (Å²) in [7, 11) is 1.66. The van der Waals surface area contributed by atoms with Crippen LogP contribution in [0.3, 0.4) is 0 Å². The summed E-state index contributed by atoms with van der Waals surface area (Å²) in [6, 6.07) is 7.87. The van der Waals surface area contributed by atoms with Crippen molar-refractivity contribution >= 4 is 11.9 Å². The Morgan fingerprint density at radius 3 is 2.68 bits per heavy atom. The first kappa shape index (κ1) is 27.6. The van der Waals surface area contributed by atoms with Crippen LogP contribution in [-0.2, 0) is 25.4 Å². The summed E-state index contributed by atoms with van der Waals surface area (Å²) in [6.07, 6.45) is 2.71. The second-order valence-corrected chi connectivity index (χ2v) is 8.82. The number of ether oxygens (including phenoxy) is 3. The van der Waals surface area contributed by atoms with E-state index in [9.17, 15) is 9.18 Å². The number of rotatable bonds is 13. The number of aromatic amines is 1. The number of carbonyl (C=O) groups is 1. The van der Waals surface area contributed by atoms with Gasteiger partial charge in [-0.05, 0) is 43.2 Å². The number of amides is 1. The quantitative estimate of drug-likeness (QED) is 0.245. The topological polar surface area (TPSA) is 144 Å². The first-order chi connectivity index (χ1) is 18.6. The molecule has 204 valence electrons. The van der Waals surface area contributed by atoms with Crippen LogP contribution in [0.15, 0.2) is 36.5 Å². The summed E-state index contributed by atoms with van der Waals surface area (Å²) < 4.78 is 30.3. The molecule has 0 saturated carbocycles. The second kappa shape index (κ2) is 13.9. The molecule has 0 aliphatic carbocycles. The van der Waals surface area contributed by atoms with Gasteiger partial charge in [-0.2, -0.15) is 0 Å². The predicted molar refractivity (Wildman–Crippen MR) is 138 cm³/mol. The van der Waals surface area contributed by atoms with E-state index < -0.39 is 12.2 Å². The summed E-state index contributed by atoms with van der Waals surface area (Å²) in [5.41, 5.74) is 2.62. The molecular formula is C26H33FN6O5. The summed E-state index contributed by atoms with van der Waals surface area (Å²) >= 11 is 0. The molecule has 1 aliphatic heterocycles. The largest absolute Gasteiger partial charge is 0.396 e. The highest BCUT2D eigenvalue weighted by atomic mass is 19.1. The van der Waals surface area contributed by atoms with Crippen molar-refractivity contribution in [3.05, 3.63) is 48.2 Å². The molecule has 1 amide bonds. The Balaban J connectivity index is 1.48. The first-order valence-electron chi connectivity index (χ1n) is 12.6. The smallest absolute Gasteiger partial charge is 0.227 e. The van der Waals surface area contributed by atoms with Crippen molar-refractivity contribution in [3.63, 3.8) is 0 Å². The van der Waals surface area contributed by atoms with Gasteiger partial charge in [-0.15, -0.1) is 0 Å². The highest BCUT2D eigenvalue weighted by Crippen LogP contribution is 2.30. The van der Waals surface area contributed by atoms with E-state index >= 15 is 0 Å². The number of hydrogen-bond donors (Lipinski definition) is 4. The van der Waals surface area contributed by atoms with Crippen molar-refractivity contribution in [1.82, 2.24) is 25.3 Å². The number of nitrogens with one attached hydrogen (secondary N) is 3. The average Bonchev–Trinajstić information content (AvgIpc) is 3.36. The van der Waals surface area contributed by atoms with Crippen LogP contribution in [0.1, 0.15) is 18.7 Å². The predicted octanol–water partition coefficient (Wildman–Crippen LogP) is 2.15. The molecule has 0 radical (unpaired) electrons. The molecule has 2 aromatic heterocycles. The number of methoxy groups -OCH3 is 1. The maximum atomic E-state index is 13.6. The minimum atomic E-state index is -0.583. The molecule has 1 saturated heterocycles. The zero-order valence-corrected chi connectivity index (χ0v) is 21.3. The molecular weight excluding hydrogens is 495 g/mol. The summed E-state index contributed by atoms with van der Waals surface area (Å²) in [4.78, 5) is 29.2. The fraction of sp³-hybridized carbons (Fsp3) is 0.462. The molecule has 0 spiro atoms. The lowest BCUT2D eigenvalue weighted by molar-refractivity contribution is -0.200. The molecule has 0 bridgehead atoms. The van der Waals surface area contributed by atoms with Gasteiger partial charge in [-0.1, -0.05) is 0 Å². The van der Waals surface area contributed by atoms with Gasteiger partial charge in [0, 0.05) is 45.2 Å². The SMILES string of the molecule is COCCCNc1nccc(-c2[nH]c(CC3OCC(C(=O)NCCCO)CO3)nc2-c2ccc(F)cc2)n1. The Labute approximate surface area is 220 Å². The molecule has 1 fully saturated rings. The standard InChI is InChI=1S/C26H33FN6O5/c1-36-13-3-10-29-26-30-11-8-20(31-26)24-23(17-4-6-19(27)7-5-17)32-21(33-24)14-22-37-15-18(16-38-22)25(35)28-9-2-12-34/h4-8,11,18,22,34H,2-3,9-10,12-16H2,1H3,(H,28,35)(H,32,33)(H,29,30,31). The van der Waals surface area contributed by atoms with Crippen molar-refractivity contribution in [2.75, 3.05) is 51.9 Å². The number of hydrogen-bond acceptors (Lipinski definition) is 9. The number of benzene rings is 1. The third-order valence-electron chi connectivity index (χ3n) is 5.92. The van der Waals surface area contributed by atoms with E-state index in [2.05, 4.69) is 25.6 Å². The number of imidazole rings is 1. The Morgan fingerprint density at radius 2 is 1.95 bits per heavy atom. The number of nitrogens with zero attached hydrogens (tertiary/aromatic N) is 3. The highest BCUT2D eigenvalue weighted by Gasteiger charge is 2.28. The molecule has 3 heterocycles. The van der Waals surface area contributed by atoms with Gasteiger partial charge in [0.25, 0.3) is 0 Å². The molecule has 0 atom stereocenters. The zero-order chi connectivity index (χ0) is 26.7. The molecule has 38 heavy (non-hydrogen) atoms. The molecule has 0 unspecified atom stereocenters.